The standard InChI is InChI=1S/C15H23N3O2/c1-3-20-15(19)13-6-7-14(17-9-13)18-10-12(8-16)5-4-11(18)2/h6-7,9,11-12H,3-5,8,10,16H2,1-2H3. The number of ether oxygens (including phenoxy) is 1. The van der Waals surface area contributed by atoms with Crippen LogP contribution in [0.15, 0.2) is 18.3 Å². The van der Waals surface area contributed by atoms with Crippen LogP contribution in [0.3, 0.4) is 0 Å². The molecule has 2 N–H and O–H groups in total. The largest absolute Gasteiger partial charge is 0.462 e. The molecule has 110 valence electrons. The number of carbonyl (C=O) groups is 1. The van der Waals surface area contributed by atoms with E-state index in [4.69, 9.17) is 10.5 Å². The average Bonchev–Trinajstić information content (AvgIpc) is 2.48. The fraction of sp³-hybridized carbons (Fsp3) is 0.600. The number of rotatable bonds is 4. The summed E-state index contributed by atoms with van der Waals surface area (Å²) in [7, 11) is 0. The highest BCUT2D eigenvalue weighted by Gasteiger charge is 2.25. The minimum Gasteiger partial charge on any atom is -0.462 e. The van der Waals surface area contributed by atoms with E-state index in [9.17, 15) is 4.79 Å². The molecular formula is C15H23N3O2. The molecule has 0 aliphatic carbocycles. The van der Waals surface area contributed by atoms with E-state index in [1.54, 1.807) is 19.2 Å². The minimum absolute atomic E-state index is 0.321. The predicted molar refractivity (Wildman–Crippen MR) is 78.8 cm³/mol. The van der Waals surface area contributed by atoms with E-state index in [0.29, 0.717) is 30.7 Å². The summed E-state index contributed by atoms with van der Waals surface area (Å²) < 4.78 is 4.96. The van der Waals surface area contributed by atoms with Crippen molar-refractivity contribution >= 4 is 11.8 Å². The molecule has 0 bridgehead atoms. The van der Waals surface area contributed by atoms with E-state index < -0.39 is 0 Å². The van der Waals surface area contributed by atoms with Gasteiger partial charge in [-0.25, -0.2) is 9.78 Å². The fourth-order valence-electron chi connectivity index (χ4n) is 2.58. The van der Waals surface area contributed by atoms with Crippen LogP contribution < -0.4 is 10.6 Å². The maximum absolute atomic E-state index is 11.6. The maximum atomic E-state index is 11.6. The molecule has 1 aliphatic rings. The van der Waals surface area contributed by atoms with Crippen molar-refractivity contribution in [1.82, 2.24) is 4.98 Å². The smallest absolute Gasteiger partial charge is 0.339 e. The highest BCUT2D eigenvalue weighted by atomic mass is 16.5. The Morgan fingerprint density at radius 3 is 2.90 bits per heavy atom. The summed E-state index contributed by atoms with van der Waals surface area (Å²) in [4.78, 5) is 18.3. The van der Waals surface area contributed by atoms with Gasteiger partial charge in [0.25, 0.3) is 0 Å². The zero-order valence-electron chi connectivity index (χ0n) is 12.2. The number of hydrogen-bond donors (Lipinski definition) is 1. The van der Waals surface area contributed by atoms with Gasteiger partial charge >= 0.3 is 5.97 Å². The molecule has 0 radical (unpaired) electrons. The van der Waals surface area contributed by atoms with Gasteiger partial charge < -0.3 is 15.4 Å². The molecule has 0 saturated carbocycles. The van der Waals surface area contributed by atoms with Crippen molar-refractivity contribution in [3.8, 4) is 0 Å². The first-order valence-corrected chi connectivity index (χ1v) is 7.25. The molecule has 2 unspecified atom stereocenters. The zero-order valence-corrected chi connectivity index (χ0v) is 12.2. The molecule has 1 aromatic heterocycles. The van der Waals surface area contributed by atoms with Crippen LogP contribution in [0, 0.1) is 5.92 Å². The third-order valence-corrected chi connectivity index (χ3v) is 3.87. The Morgan fingerprint density at radius 1 is 1.50 bits per heavy atom. The van der Waals surface area contributed by atoms with Crippen molar-refractivity contribution in [2.75, 3.05) is 24.6 Å². The van der Waals surface area contributed by atoms with Gasteiger partial charge in [0.05, 0.1) is 12.2 Å². The lowest BCUT2D eigenvalue weighted by Gasteiger charge is -2.38. The lowest BCUT2D eigenvalue weighted by molar-refractivity contribution is 0.0526. The molecule has 1 aliphatic heterocycles. The molecule has 1 saturated heterocycles. The van der Waals surface area contributed by atoms with Gasteiger partial charge in [-0.2, -0.15) is 0 Å². The summed E-state index contributed by atoms with van der Waals surface area (Å²) in [6.07, 6.45) is 3.89. The molecule has 1 aromatic rings. The van der Waals surface area contributed by atoms with Gasteiger partial charge in [-0.15, -0.1) is 0 Å². The fourth-order valence-corrected chi connectivity index (χ4v) is 2.58. The Bertz CT molecular complexity index is 447. The molecule has 1 fully saturated rings. The number of hydrogen-bond acceptors (Lipinski definition) is 5. The van der Waals surface area contributed by atoms with Crippen molar-refractivity contribution < 1.29 is 9.53 Å². The van der Waals surface area contributed by atoms with Gasteiger partial charge in [0, 0.05) is 18.8 Å². The second-order valence-electron chi connectivity index (χ2n) is 5.31. The quantitative estimate of drug-likeness (QED) is 0.850. The van der Waals surface area contributed by atoms with Crippen LogP contribution in [0.2, 0.25) is 0 Å². The van der Waals surface area contributed by atoms with Gasteiger partial charge in [0.1, 0.15) is 5.82 Å². The van der Waals surface area contributed by atoms with E-state index in [1.165, 1.54) is 6.42 Å². The topological polar surface area (TPSA) is 68.5 Å². The summed E-state index contributed by atoms with van der Waals surface area (Å²) in [6, 6.07) is 4.12. The lowest BCUT2D eigenvalue weighted by Crippen LogP contribution is -2.44. The van der Waals surface area contributed by atoms with E-state index in [0.717, 1.165) is 18.8 Å². The number of anilines is 1. The minimum atomic E-state index is -0.321. The Kier molecular flexibility index (Phi) is 4.95. The second kappa shape index (κ2) is 6.70. The Labute approximate surface area is 120 Å². The second-order valence-corrected chi connectivity index (χ2v) is 5.31. The summed E-state index contributed by atoms with van der Waals surface area (Å²) in [5, 5.41) is 0. The first-order chi connectivity index (χ1) is 9.65. The predicted octanol–water partition coefficient (Wildman–Crippen LogP) is 1.82. The Morgan fingerprint density at radius 2 is 2.30 bits per heavy atom. The molecule has 0 spiro atoms. The summed E-state index contributed by atoms with van der Waals surface area (Å²) in [6.45, 7) is 6.02. The first kappa shape index (κ1) is 14.8. The lowest BCUT2D eigenvalue weighted by atomic mass is 9.93. The van der Waals surface area contributed by atoms with Crippen molar-refractivity contribution in [3.63, 3.8) is 0 Å². The number of nitrogens with two attached hydrogens (primary N) is 1. The van der Waals surface area contributed by atoms with Gasteiger partial charge in [0.2, 0.25) is 0 Å². The molecule has 5 nitrogen and oxygen atoms in total. The van der Waals surface area contributed by atoms with Crippen LogP contribution in [0.1, 0.15) is 37.0 Å². The van der Waals surface area contributed by atoms with Crippen LogP contribution in [-0.4, -0.2) is 36.7 Å². The van der Waals surface area contributed by atoms with E-state index >= 15 is 0 Å². The molecule has 0 aromatic carbocycles. The van der Waals surface area contributed by atoms with Gasteiger partial charge in [0.15, 0.2) is 0 Å². The molecular weight excluding hydrogens is 254 g/mol. The molecule has 2 atom stereocenters. The van der Waals surface area contributed by atoms with E-state index in [2.05, 4.69) is 16.8 Å². The number of nitrogens with zero attached hydrogens (tertiary/aromatic N) is 2. The SMILES string of the molecule is CCOC(=O)c1ccc(N2CC(CN)CCC2C)nc1. The first-order valence-electron chi connectivity index (χ1n) is 7.25. The third-order valence-electron chi connectivity index (χ3n) is 3.87. The Balaban J connectivity index is 2.10. The van der Waals surface area contributed by atoms with Crippen molar-refractivity contribution in [1.29, 1.82) is 0 Å². The van der Waals surface area contributed by atoms with Crippen LogP contribution in [0.5, 0.6) is 0 Å². The van der Waals surface area contributed by atoms with E-state index in [-0.39, 0.29) is 5.97 Å². The van der Waals surface area contributed by atoms with Crippen molar-refractivity contribution in [2.24, 2.45) is 11.7 Å². The third kappa shape index (κ3) is 3.28. The van der Waals surface area contributed by atoms with Crippen molar-refractivity contribution in [2.45, 2.75) is 32.7 Å². The highest BCUT2D eigenvalue weighted by molar-refractivity contribution is 5.89. The zero-order chi connectivity index (χ0) is 14.5. The molecule has 5 heteroatoms. The summed E-state index contributed by atoms with van der Waals surface area (Å²) >= 11 is 0. The number of pyridine rings is 1. The molecule has 2 rings (SSSR count). The van der Waals surface area contributed by atoms with Gasteiger partial charge in [-0.05, 0) is 51.3 Å². The number of carbonyl (C=O) groups excluding carboxylic acids is 1. The number of piperidine rings is 1. The van der Waals surface area contributed by atoms with Crippen LogP contribution in [0.4, 0.5) is 5.82 Å². The normalized spacial score (nSPS) is 22.6. The van der Waals surface area contributed by atoms with Crippen LogP contribution in [0.25, 0.3) is 0 Å². The molecule has 2 heterocycles. The average molecular weight is 277 g/mol. The maximum Gasteiger partial charge on any atom is 0.339 e. The van der Waals surface area contributed by atoms with Crippen LogP contribution in [-0.2, 0) is 4.74 Å². The Hall–Kier alpha value is -1.62. The highest BCUT2D eigenvalue weighted by Crippen LogP contribution is 2.25. The van der Waals surface area contributed by atoms with Gasteiger partial charge in [-0.1, -0.05) is 0 Å². The number of esters is 1. The molecule has 20 heavy (non-hydrogen) atoms. The molecule has 0 amide bonds. The monoisotopic (exact) mass is 277 g/mol. The van der Waals surface area contributed by atoms with Crippen molar-refractivity contribution in [3.05, 3.63) is 23.9 Å². The van der Waals surface area contributed by atoms with E-state index in [1.807, 2.05) is 6.07 Å². The summed E-state index contributed by atoms with van der Waals surface area (Å²) in [5.74, 6) is 1.11. The van der Waals surface area contributed by atoms with Gasteiger partial charge in [-0.3, -0.25) is 0 Å². The number of aromatic nitrogens is 1. The summed E-state index contributed by atoms with van der Waals surface area (Å²) in [5.41, 5.74) is 6.27. The van der Waals surface area contributed by atoms with Crippen LogP contribution >= 0.6 is 0 Å².